The van der Waals surface area contributed by atoms with E-state index in [0.717, 1.165) is 24.6 Å². The molecule has 0 saturated carbocycles. The lowest BCUT2D eigenvalue weighted by molar-refractivity contribution is 0.135. The molecule has 1 aromatic carbocycles. The van der Waals surface area contributed by atoms with Gasteiger partial charge < -0.3 is 9.40 Å². The predicted molar refractivity (Wildman–Crippen MR) is 104 cm³/mol. The van der Waals surface area contributed by atoms with Crippen molar-refractivity contribution in [2.24, 2.45) is 0 Å². The monoisotopic (exact) mass is 349 g/mol. The van der Waals surface area contributed by atoms with Crippen LogP contribution in [0.25, 0.3) is 11.3 Å². The van der Waals surface area contributed by atoms with E-state index in [0.29, 0.717) is 12.0 Å². The third-order valence-corrected chi connectivity index (χ3v) is 5.51. The molecule has 0 spiro atoms. The van der Waals surface area contributed by atoms with Gasteiger partial charge >= 0.3 is 0 Å². The quantitative estimate of drug-likeness (QED) is 0.679. The fourth-order valence-electron chi connectivity index (χ4n) is 3.92. The van der Waals surface area contributed by atoms with Crippen LogP contribution in [0.15, 0.2) is 53.5 Å². The smallest absolute Gasteiger partial charge is 0.123 e. The molecule has 1 aliphatic rings. The van der Waals surface area contributed by atoms with Crippen LogP contribution < -0.4 is 0 Å². The van der Waals surface area contributed by atoms with Crippen LogP contribution in [0.2, 0.25) is 0 Å². The van der Waals surface area contributed by atoms with Crippen LogP contribution in [0.4, 0.5) is 0 Å². The maximum Gasteiger partial charge on any atom is 0.123 e. The summed E-state index contributed by atoms with van der Waals surface area (Å²) in [5.41, 5.74) is 4.85. The summed E-state index contributed by atoms with van der Waals surface area (Å²) >= 11 is 0. The summed E-state index contributed by atoms with van der Waals surface area (Å²) in [6.07, 6.45) is 9.30. The minimum Gasteiger partial charge on any atom is -0.472 e. The van der Waals surface area contributed by atoms with Gasteiger partial charge in [0.05, 0.1) is 30.5 Å². The van der Waals surface area contributed by atoms with E-state index in [9.17, 15) is 0 Å². The van der Waals surface area contributed by atoms with Gasteiger partial charge in [-0.1, -0.05) is 43.2 Å². The van der Waals surface area contributed by atoms with E-state index in [4.69, 9.17) is 9.40 Å². The lowest BCUT2D eigenvalue weighted by atomic mass is 9.97. The molecule has 3 heterocycles. The fraction of sp³-hybridized carbons (Fsp3) is 0.409. The van der Waals surface area contributed by atoms with E-state index >= 15 is 0 Å². The Morgan fingerprint density at radius 2 is 2.08 bits per heavy atom. The summed E-state index contributed by atoms with van der Waals surface area (Å²) in [4.78, 5) is 10.9. The van der Waals surface area contributed by atoms with Gasteiger partial charge in [-0.3, -0.25) is 4.90 Å². The number of hydrogen-bond donors (Lipinski definition) is 1. The Balaban J connectivity index is 1.52. The van der Waals surface area contributed by atoms with Crippen molar-refractivity contribution in [3.8, 4) is 11.3 Å². The predicted octanol–water partition coefficient (Wildman–Crippen LogP) is 5.31. The first-order valence-corrected chi connectivity index (χ1v) is 9.59. The fourth-order valence-corrected chi connectivity index (χ4v) is 3.92. The third-order valence-electron chi connectivity index (χ3n) is 5.51. The molecule has 0 aliphatic carbocycles. The van der Waals surface area contributed by atoms with E-state index in [1.54, 1.807) is 6.26 Å². The zero-order valence-corrected chi connectivity index (χ0v) is 15.6. The molecule has 1 aliphatic heterocycles. The van der Waals surface area contributed by atoms with Gasteiger partial charge in [0.25, 0.3) is 0 Å². The number of imidazole rings is 1. The van der Waals surface area contributed by atoms with Gasteiger partial charge in [0.1, 0.15) is 5.82 Å². The lowest BCUT2D eigenvalue weighted by Gasteiger charge is -2.36. The Morgan fingerprint density at radius 1 is 1.23 bits per heavy atom. The minimum atomic E-state index is 0.372. The number of furan rings is 1. The number of H-pyrrole nitrogens is 1. The van der Waals surface area contributed by atoms with Gasteiger partial charge in [-0.05, 0) is 49.4 Å². The summed E-state index contributed by atoms with van der Waals surface area (Å²) in [5, 5.41) is 0. The number of aryl methyl sites for hydroxylation is 1. The molecule has 0 amide bonds. The topological polar surface area (TPSA) is 45.1 Å². The summed E-state index contributed by atoms with van der Waals surface area (Å²) < 4.78 is 5.26. The molecule has 1 fully saturated rings. The third kappa shape index (κ3) is 3.61. The Kier molecular flexibility index (Phi) is 4.93. The SMILES string of the molecule is Cc1ccc(-c2cnc(C3CCCCN3CC(C)c3ccoc3)[nH]2)cc1. The van der Waals surface area contributed by atoms with Crippen molar-refractivity contribution < 1.29 is 4.42 Å². The first kappa shape index (κ1) is 17.1. The number of benzene rings is 1. The van der Waals surface area contributed by atoms with Crippen molar-refractivity contribution in [2.45, 2.75) is 45.1 Å². The van der Waals surface area contributed by atoms with E-state index in [2.05, 4.69) is 54.1 Å². The highest BCUT2D eigenvalue weighted by Gasteiger charge is 2.28. The molecular weight excluding hydrogens is 322 g/mol. The summed E-state index contributed by atoms with van der Waals surface area (Å²) in [5.74, 6) is 1.56. The van der Waals surface area contributed by atoms with Gasteiger partial charge in [-0.2, -0.15) is 0 Å². The van der Waals surface area contributed by atoms with Crippen LogP contribution in [0.3, 0.4) is 0 Å². The summed E-state index contributed by atoms with van der Waals surface area (Å²) in [6.45, 7) is 6.55. The molecule has 2 aromatic heterocycles. The van der Waals surface area contributed by atoms with Gasteiger partial charge in [-0.15, -0.1) is 0 Å². The van der Waals surface area contributed by atoms with E-state index in [-0.39, 0.29) is 0 Å². The molecule has 26 heavy (non-hydrogen) atoms. The van der Waals surface area contributed by atoms with Crippen LogP contribution in [0.5, 0.6) is 0 Å². The van der Waals surface area contributed by atoms with Crippen molar-refractivity contribution in [3.05, 3.63) is 66.0 Å². The Bertz CT molecular complexity index is 819. The second-order valence-electron chi connectivity index (χ2n) is 7.51. The van der Waals surface area contributed by atoms with Crippen LogP contribution in [-0.4, -0.2) is 28.0 Å². The molecule has 2 atom stereocenters. The van der Waals surface area contributed by atoms with Crippen LogP contribution in [-0.2, 0) is 0 Å². The maximum atomic E-state index is 5.26. The highest BCUT2D eigenvalue weighted by molar-refractivity contribution is 5.58. The number of piperidine rings is 1. The number of rotatable bonds is 5. The molecule has 4 rings (SSSR count). The zero-order chi connectivity index (χ0) is 17.9. The van der Waals surface area contributed by atoms with Crippen LogP contribution >= 0.6 is 0 Å². The highest BCUT2D eigenvalue weighted by atomic mass is 16.3. The second-order valence-corrected chi connectivity index (χ2v) is 7.51. The largest absolute Gasteiger partial charge is 0.472 e. The van der Waals surface area contributed by atoms with Crippen molar-refractivity contribution in [1.29, 1.82) is 0 Å². The minimum absolute atomic E-state index is 0.372. The van der Waals surface area contributed by atoms with Crippen LogP contribution in [0, 0.1) is 6.92 Å². The van der Waals surface area contributed by atoms with Crippen molar-refractivity contribution in [1.82, 2.24) is 14.9 Å². The standard InChI is InChI=1S/C22H27N3O/c1-16-6-8-18(9-7-16)20-13-23-22(24-20)21-5-3-4-11-25(21)14-17(2)19-10-12-26-15-19/h6-10,12-13,15,17,21H,3-5,11,14H2,1-2H3,(H,23,24). The number of aromatic amines is 1. The summed E-state index contributed by atoms with van der Waals surface area (Å²) in [7, 11) is 0. The van der Waals surface area contributed by atoms with E-state index in [1.807, 2.05) is 12.5 Å². The van der Waals surface area contributed by atoms with Crippen LogP contribution in [0.1, 0.15) is 55.1 Å². The number of likely N-dealkylation sites (tertiary alicyclic amines) is 1. The van der Waals surface area contributed by atoms with Gasteiger partial charge in [-0.25, -0.2) is 4.98 Å². The number of nitrogens with zero attached hydrogens (tertiary/aromatic N) is 2. The number of aromatic nitrogens is 2. The number of hydrogen-bond acceptors (Lipinski definition) is 3. The molecule has 3 aromatic rings. The summed E-state index contributed by atoms with van der Waals surface area (Å²) in [6, 6.07) is 11.1. The van der Waals surface area contributed by atoms with Crippen molar-refractivity contribution in [2.75, 3.05) is 13.1 Å². The molecule has 4 heteroatoms. The lowest BCUT2D eigenvalue weighted by Crippen LogP contribution is -2.36. The molecule has 136 valence electrons. The normalized spacial score (nSPS) is 19.5. The number of nitrogens with one attached hydrogen (secondary N) is 1. The molecule has 1 saturated heterocycles. The van der Waals surface area contributed by atoms with Crippen molar-refractivity contribution >= 4 is 0 Å². The molecule has 1 N–H and O–H groups in total. The van der Waals surface area contributed by atoms with Gasteiger partial charge in [0.2, 0.25) is 0 Å². The van der Waals surface area contributed by atoms with E-state index < -0.39 is 0 Å². The Hall–Kier alpha value is -2.33. The second kappa shape index (κ2) is 7.50. The molecule has 0 bridgehead atoms. The van der Waals surface area contributed by atoms with Gasteiger partial charge in [0.15, 0.2) is 0 Å². The molecule has 2 unspecified atom stereocenters. The van der Waals surface area contributed by atoms with Gasteiger partial charge in [0, 0.05) is 6.54 Å². The zero-order valence-electron chi connectivity index (χ0n) is 15.6. The Labute approximate surface area is 155 Å². The molecule has 0 radical (unpaired) electrons. The molecule has 4 nitrogen and oxygen atoms in total. The average molecular weight is 349 g/mol. The maximum absolute atomic E-state index is 5.26. The average Bonchev–Trinajstić information content (AvgIpc) is 3.35. The first-order chi connectivity index (χ1) is 12.7. The first-order valence-electron chi connectivity index (χ1n) is 9.59. The van der Waals surface area contributed by atoms with Crippen molar-refractivity contribution in [3.63, 3.8) is 0 Å². The Morgan fingerprint density at radius 3 is 2.85 bits per heavy atom. The molecular formula is C22H27N3O. The highest BCUT2D eigenvalue weighted by Crippen LogP contribution is 2.32. The van der Waals surface area contributed by atoms with E-state index in [1.165, 1.54) is 36.0 Å².